The lowest BCUT2D eigenvalue weighted by Crippen LogP contribution is -2.55. The van der Waals surface area contributed by atoms with Gasteiger partial charge in [-0.25, -0.2) is 0 Å². The Bertz CT molecular complexity index is 359. The number of halogens is 3. The predicted molar refractivity (Wildman–Crippen MR) is 72.0 cm³/mol. The van der Waals surface area contributed by atoms with Crippen molar-refractivity contribution in [2.75, 3.05) is 19.6 Å². The van der Waals surface area contributed by atoms with Crippen LogP contribution in [0.5, 0.6) is 0 Å². The van der Waals surface area contributed by atoms with Crippen LogP contribution in [0.15, 0.2) is 0 Å². The molecule has 1 saturated carbocycles. The van der Waals surface area contributed by atoms with E-state index in [0.717, 1.165) is 19.4 Å². The molecule has 4 nitrogen and oxygen atoms in total. The maximum absolute atomic E-state index is 12.3. The van der Waals surface area contributed by atoms with E-state index in [1.807, 2.05) is 0 Å². The lowest BCUT2D eigenvalue weighted by Gasteiger charge is -2.45. The molecule has 1 aliphatic carbocycles. The van der Waals surface area contributed by atoms with Gasteiger partial charge in [0.25, 0.3) is 0 Å². The van der Waals surface area contributed by atoms with Crippen molar-refractivity contribution >= 4 is 5.97 Å². The van der Waals surface area contributed by atoms with E-state index in [0.29, 0.717) is 25.4 Å². The average Bonchev–Trinajstić information content (AvgIpc) is 2.31. The Balaban J connectivity index is 1.87. The molecule has 0 aromatic carbocycles. The highest BCUT2D eigenvalue weighted by atomic mass is 19.4. The summed E-state index contributed by atoms with van der Waals surface area (Å²) in [4.78, 5) is 12.9. The van der Waals surface area contributed by atoms with Crippen LogP contribution in [0.3, 0.4) is 0 Å². The second-order valence-corrected chi connectivity index (χ2v) is 6.27. The summed E-state index contributed by atoms with van der Waals surface area (Å²) in [6, 6.07) is 0.285. The van der Waals surface area contributed by atoms with Gasteiger partial charge >= 0.3 is 12.1 Å². The van der Waals surface area contributed by atoms with Crippen molar-refractivity contribution in [1.82, 2.24) is 10.2 Å². The molecule has 0 aromatic rings. The van der Waals surface area contributed by atoms with Crippen LogP contribution in [0.25, 0.3) is 0 Å². The summed E-state index contributed by atoms with van der Waals surface area (Å²) in [6.45, 7) is 0.494. The molecule has 0 bridgehead atoms. The molecule has 2 fully saturated rings. The highest BCUT2D eigenvalue weighted by molar-refractivity contribution is 5.66. The van der Waals surface area contributed by atoms with Crippen LogP contribution in [-0.2, 0) is 4.79 Å². The minimum Gasteiger partial charge on any atom is -0.481 e. The van der Waals surface area contributed by atoms with Crippen LogP contribution in [0.2, 0.25) is 0 Å². The molecular formula is C14H23F3N2O2. The van der Waals surface area contributed by atoms with Gasteiger partial charge in [0.2, 0.25) is 0 Å². The molecule has 1 aliphatic heterocycles. The first-order chi connectivity index (χ1) is 9.83. The molecule has 0 aromatic heterocycles. The first-order valence-electron chi connectivity index (χ1n) is 7.59. The monoisotopic (exact) mass is 308 g/mol. The number of carboxylic acid groups (broad SMARTS) is 1. The second kappa shape index (κ2) is 6.96. The van der Waals surface area contributed by atoms with Gasteiger partial charge in [0.15, 0.2) is 0 Å². The van der Waals surface area contributed by atoms with Gasteiger partial charge in [0.05, 0.1) is 6.54 Å². The second-order valence-electron chi connectivity index (χ2n) is 6.27. The fourth-order valence-corrected chi connectivity index (χ4v) is 3.24. The highest BCUT2D eigenvalue weighted by Crippen LogP contribution is 2.31. The zero-order valence-corrected chi connectivity index (χ0v) is 12.0. The van der Waals surface area contributed by atoms with Gasteiger partial charge in [-0.15, -0.1) is 0 Å². The van der Waals surface area contributed by atoms with Crippen molar-refractivity contribution in [3.05, 3.63) is 0 Å². The van der Waals surface area contributed by atoms with Gasteiger partial charge in [-0.1, -0.05) is 6.42 Å². The lowest BCUT2D eigenvalue weighted by atomic mass is 9.85. The summed E-state index contributed by atoms with van der Waals surface area (Å²) >= 11 is 0. The topological polar surface area (TPSA) is 52.6 Å². The Morgan fingerprint density at radius 2 is 2.00 bits per heavy atom. The fraction of sp³-hybridized carbons (Fsp3) is 0.929. The fourth-order valence-electron chi connectivity index (χ4n) is 3.24. The zero-order valence-electron chi connectivity index (χ0n) is 12.0. The maximum atomic E-state index is 12.3. The molecule has 2 aliphatic rings. The van der Waals surface area contributed by atoms with E-state index in [1.165, 1.54) is 6.42 Å². The van der Waals surface area contributed by atoms with Crippen LogP contribution in [0.4, 0.5) is 13.2 Å². The van der Waals surface area contributed by atoms with Gasteiger partial charge in [-0.05, 0) is 31.6 Å². The first kappa shape index (κ1) is 16.5. The normalized spacial score (nSPS) is 28.3. The van der Waals surface area contributed by atoms with Crippen LogP contribution in [0, 0.1) is 5.92 Å². The number of nitrogens with one attached hydrogen (secondary N) is 1. The third kappa shape index (κ3) is 5.47. The molecule has 2 unspecified atom stereocenters. The molecule has 1 heterocycles. The molecule has 2 rings (SSSR count). The van der Waals surface area contributed by atoms with E-state index >= 15 is 0 Å². The van der Waals surface area contributed by atoms with Gasteiger partial charge < -0.3 is 10.4 Å². The Labute approximate surface area is 122 Å². The van der Waals surface area contributed by atoms with E-state index in [9.17, 15) is 18.0 Å². The SMILES string of the molecule is O=C(O)CCC1CC(NCC(F)(F)F)CN(C2CCC2)C1. The van der Waals surface area contributed by atoms with Gasteiger partial charge in [-0.2, -0.15) is 13.2 Å². The molecule has 1 saturated heterocycles. The molecule has 21 heavy (non-hydrogen) atoms. The van der Waals surface area contributed by atoms with Crippen molar-refractivity contribution in [3.8, 4) is 0 Å². The van der Waals surface area contributed by atoms with Gasteiger partial charge in [0, 0.05) is 31.6 Å². The molecule has 7 heteroatoms. The minimum atomic E-state index is -4.20. The number of nitrogens with zero attached hydrogens (tertiary/aromatic N) is 1. The van der Waals surface area contributed by atoms with Crippen molar-refractivity contribution < 1.29 is 23.1 Å². The van der Waals surface area contributed by atoms with E-state index < -0.39 is 18.7 Å². The van der Waals surface area contributed by atoms with Crippen molar-refractivity contribution in [1.29, 1.82) is 0 Å². The summed E-state index contributed by atoms with van der Waals surface area (Å²) < 4.78 is 37.0. The quantitative estimate of drug-likeness (QED) is 0.790. The standard InChI is InChI=1S/C14H23F3N2O2/c15-14(16,17)9-18-11-6-10(4-5-13(20)21)7-19(8-11)12-2-1-3-12/h10-12,18H,1-9H2,(H,20,21). The van der Waals surface area contributed by atoms with Crippen LogP contribution < -0.4 is 5.32 Å². The third-order valence-electron chi connectivity index (χ3n) is 4.51. The summed E-state index contributed by atoms with van der Waals surface area (Å²) in [6.07, 6.45) is 0.469. The van der Waals surface area contributed by atoms with Crippen molar-refractivity contribution in [2.45, 2.75) is 56.8 Å². The highest BCUT2D eigenvalue weighted by Gasteiger charge is 2.35. The number of hydrogen-bond acceptors (Lipinski definition) is 3. The Morgan fingerprint density at radius 1 is 1.29 bits per heavy atom. The molecule has 122 valence electrons. The molecule has 0 spiro atoms. The number of likely N-dealkylation sites (tertiary alicyclic amines) is 1. The largest absolute Gasteiger partial charge is 0.481 e. The number of piperidine rings is 1. The van der Waals surface area contributed by atoms with Crippen LogP contribution >= 0.6 is 0 Å². The maximum Gasteiger partial charge on any atom is 0.401 e. The number of carboxylic acids is 1. The van der Waals surface area contributed by atoms with Crippen LogP contribution in [0.1, 0.15) is 38.5 Å². The third-order valence-corrected chi connectivity index (χ3v) is 4.51. The summed E-state index contributed by atoms with van der Waals surface area (Å²) in [5.41, 5.74) is 0. The Morgan fingerprint density at radius 3 is 2.52 bits per heavy atom. The Hall–Kier alpha value is -0.820. The van der Waals surface area contributed by atoms with E-state index in [4.69, 9.17) is 5.11 Å². The molecular weight excluding hydrogens is 285 g/mol. The summed E-state index contributed by atoms with van der Waals surface area (Å²) in [5.74, 6) is -0.670. The summed E-state index contributed by atoms with van der Waals surface area (Å²) in [5, 5.41) is 11.4. The van der Waals surface area contributed by atoms with E-state index in [-0.39, 0.29) is 18.4 Å². The molecule has 2 atom stereocenters. The van der Waals surface area contributed by atoms with Crippen molar-refractivity contribution in [3.63, 3.8) is 0 Å². The number of carbonyl (C=O) groups is 1. The molecule has 0 amide bonds. The number of aliphatic carboxylic acids is 1. The number of hydrogen-bond donors (Lipinski definition) is 2. The smallest absolute Gasteiger partial charge is 0.401 e. The zero-order chi connectivity index (χ0) is 15.5. The van der Waals surface area contributed by atoms with Gasteiger partial charge in [-0.3, -0.25) is 9.69 Å². The molecule has 2 N–H and O–H groups in total. The van der Waals surface area contributed by atoms with E-state index in [2.05, 4.69) is 10.2 Å². The number of rotatable bonds is 6. The van der Waals surface area contributed by atoms with Crippen LogP contribution in [-0.4, -0.2) is 53.9 Å². The summed E-state index contributed by atoms with van der Waals surface area (Å²) in [7, 11) is 0. The average molecular weight is 308 g/mol. The minimum absolute atomic E-state index is 0.0924. The van der Waals surface area contributed by atoms with E-state index in [1.54, 1.807) is 0 Å². The molecule has 0 radical (unpaired) electrons. The first-order valence-corrected chi connectivity index (χ1v) is 7.59. The number of alkyl halides is 3. The van der Waals surface area contributed by atoms with Gasteiger partial charge in [0.1, 0.15) is 0 Å². The van der Waals surface area contributed by atoms with Crippen molar-refractivity contribution in [2.24, 2.45) is 5.92 Å². The predicted octanol–water partition coefficient (Wildman–Crippen LogP) is 2.25. The Kier molecular flexibility index (Phi) is 5.48. The lowest BCUT2D eigenvalue weighted by molar-refractivity contribution is -0.137.